The first-order valence-electron chi connectivity index (χ1n) is 8.57. The van der Waals surface area contributed by atoms with Gasteiger partial charge in [-0.15, -0.1) is 0 Å². The van der Waals surface area contributed by atoms with Gasteiger partial charge in [-0.1, -0.05) is 54.7 Å². The van der Waals surface area contributed by atoms with Gasteiger partial charge < -0.3 is 15.2 Å². The molecular formula is C20H22Cl3NO3. The lowest BCUT2D eigenvalue weighted by Crippen LogP contribution is -2.37. The van der Waals surface area contributed by atoms with Crippen LogP contribution in [-0.4, -0.2) is 17.1 Å². The van der Waals surface area contributed by atoms with Crippen LogP contribution >= 0.6 is 34.8 Å². The van der Waals surface area contributed by atoms with E-state index in [1.807, 2.05) is 19.9 Å². The molecule has 2 rings (SSSR count). The molecule has 0 aliphatic carbocycles. The lowest BCUT2D eigenvalue weighted by atomic mass is 10.0. The van der Waals surface area contributed by atoms with E-state index < -0.39 is 12.0 Å². The summed E-state index contributed by atoms with van der Waals surface area (Å²) in [5.41, 5.74) is 1.67. The van der Waals surface area contributed by atoms with Gasteiger partial charge in [-0.25, -0.2) is 0 Å². The van der Waals surface area contributed by atoms with Crippen LogP contribution in [0.25, 0.3) is 0 Å². The van der Waals surface area contributed by atoms with E-state index in [1.54, 1.807) is 30.3 Å². The van der Waals surface area contributed by atoms with Crippen molar-refractivity contribution in [2.45, 2.75) is 39.5 Å². The van der Waals surface area contributed by atoms with E-state index in [0.717, 1.165) is 11.1 Å². The zero-order chi connectivity index (χ0) is 20.0. The van der Waals surface area contributed by atoms with Crippen LogP contribution in [0.4, 0.5) is 0 Å². The second-order valence-corrected chi connectivity index (χ2v) is 7.94. The molecule has 1 unspecified atom stereocenters. The van der Waals surface area contributed by atoms with E-state index in [1.165, 1.54) is 0 Å². The number of benzene rings is 2. The van der Waals surface area contributed by atoms with Crippen molar-refractivity contribution in [1.82, 2.24) is 5.32 Å². The summed E-state index contributed by atoms with van der Waals surface area (Å²) in [4.78, 5) is 11.4. The number of ether oxygens (including phenoxy) is 1. The molecule has 1 atom stereocenters. The molecule has 4 nitrogen and oxygen atoms in total. The van der Waals surface area contributed by atoms with Crippen LogP contribution in [0, 0.1) is 5.92 Å². The molecule has 0 saturated heterocycles. The fraction of sp³-hybridized carbons (Fsp3) is 0.350. The summed E-state index contributed by atoms with van der Waals surface area (Å²) in [6, 6.07) is 9.95. The second-order valence-electron chi connectivity index (χ2n) is 6.69. The Hall–Kier alpha value is -1.46. The Balaban J connectivity index is 2.09. The highest BCUT2D eigenvalue weighted by Gasteiger charge is 2.19. The number of aliphatic carboxylic acids is 1. The molecule has 7 heteroatoms. The number of carboxylic acids is 1. The molecule has 27 heavy (non-hydrogen) atoms. The Morgan fingerprint density at radius 1 is 1.11 bits per heavy atom. The maximum absolute atomic E-state index is 11.4. The SMILES string of the molecule is CC(C)CC(NCc1cc(Cl)ccc1OCc1ccc(Cl)c(Cl)c1)C(=O)O. The summed E-state index contributed by atoms with van der Waals surface area (Å²) in [5, 5.41) is 14.0. The maximum Gasteiger partial charge on any atom is 0.320 e. The average Bonchev–Trinajstić information content (AvgIpc) is 2.60. The Bertz CT molecular complexity index is 796. The van der Waals surface area contributed by atoms with Gasteiger partial charge in [0.1, 0.15) is 18.4 Å². The van der Waals surface area contributed by atoms with Gasteiger partial charge in [-0.05, 0) is 48.2 Å². The fourth-order valence-electron chi connectivity index (χ4n) is 2.59. The summed E-state index contributed by atoms with van der Waals surface area (Å²) in [6.07, 6.45) is 0.537. The largest absolute Gasteiger partial charge is 0.489 e. The third-order valence-electron chi connectivity index (χ3n) is 3.94. The summed E-state index contributed by atoms with van der Waals surface area (Å²) in [5.74, 6) is 0.0268. The first-order chi connectivity index (χ1) is 12.8. The molecule has 0 fully saturated rings. The van der Waals surface area contributed by atoms with E-state index in [-0.39, 0.29) is 5.92 Å². The molecule has 0 aliphatic rings. The molecule has 0 spiro atoms. The highest BCUT2D eigenvalue weighted by atomic mass is 35.5. The van der Waals surface area contributed by atoms with Gasteiger partial charge in [-0.3, -0.25) is 4.79 Å². The van der Waals surface area contributed by atoms with E-state index in [2.05, 4.69) is 5.32 Å². The third-order valence-corrected chi connectivity index (χ3v) is 4.92. The molecule has 2 N–H and O–H groups in total. The summed E-state index contributed by atoms with van der Waals surface area (Å²) in [6.45, 7) is 4.62. The Morgan fingerprint density at radius 3 is 2.48 bits per heavy atom. The van der Waals surface area contributed by atoms with Crippen LogP contribution in [0.2, 0.25) is 15.1 Å². The Kier molecular flexibility index (Phi) is 8.24. The van der Waals surface area contributed by atoms with E-state index in [9.17, 15) is 9.90 Å². The number of nitrogens with one attached hydrogen (secondary N) is 1. The molecule has 2 aromatic carbocycles. The molecule has 146 valence electrons. The smallest absolute Gasteiger partial charge is 0.320 e. The van der Waals surface area contributed by atoms with E-state index in [4.69, 9.17) is 39.5 Å². The predicted octanol–water partition coefficient (Wildman–Crippen LogP) is 5.81. The van der Waals surface area contributed by atoms with Crippen LogP contribution in [0.1, 0.15) is 31.4 Å². The quantitative estimate of drug-likeness (QED) is 0.526. The van der Waals surface area contributed by atoms with Crippen LogP contribution in [0.3, 0.4) is 0 Å². The van der Waals surface area contributed by atoms with Crippen molar-refractivity contribution in [2.24, 2.45) is 5.92 Å². The molecule has 0 amide bonds. The number of rotatable bonds is 9. The molecule has 0 aliphatic heterocycles. The number of carbonyl (C=O) groups is 1. The van der Waals surface area contributed by atoms with Crippen molar-refractivity contribution in [2.75, 3.05) is 0 Å². The first-order valence-corrected chi connectivity index (χ1v) is 9.71. The lowest BCUT2D eigenvalue weighted by Gasteiger charge is -2.18. The van der Waals surface area contributed by atoms with E-state index in [0.29, 0.717) is 40.4 Å². The minimum Gasteiger partial charge on any atom is -0.489 e. The molecular weight excluding hydrogens is 409 g/mol. The van der Waals surface area contributed by atoms with Crippen molar-refractivity contribution >= 4 is 40.8 Å². The van der Waals surface area contributed by atoms with Crippen molar-refractivity contribution in [3.63, 3.8) is 0 Å². The number of carboxylic acid groups (broad SMARTS) is 1. The van der Waals surface area contributed by atoms with Gasteiger partial charge in [0.15, 0.2) is 0 Å². The van der Waals surface area contributed by atoms with Crippen molar-refractivity contribution < 1.29 is 14.6 Å². The van der Waals surface area contributed by atoms with Crippen molar-refractivity contribution in [1.29, 1.82) is 0 Å². The molecule has 2 aromatic rings. The zero-order valence-electron chi connectivity index (χ0n) is 15.1. The average molecular weight is 431 g/mol. The van der Waals surface area contributed by atoms with Crippen LogP contribution < -0.4 is 10.1 Å². The zero-order valence-corrected chi connectivity index (χ0v) is 17.4. The molecule has 0 heterocycles. The monoisotopic (exact) mass is 429 g/mol. The highest BCUT2D eigenvalue weighted by molar-refractivity contribution is 6.42. The first kappa shape index (κ1) is 21.8. The summed E-state index contributed by atoms with van der Waals surface area (Å²) >= 11 is 18.1. The topological polar surface area (TPSA) is 58.6 Å². The fourth-order valence-corrected chi connectivity index (χ4v) is 3.11. The van der Waals surface area contributed by atoms with Gasteiger partial charge in [0.05, 0.1) is 10.0 Å². The van der Waals surface area contributed by atoms with Gasteiger partial charge in [0, 0.05) is 17.1 Å². The maximum atomic E-state index is 11.4. The standard InChI is InChI=1S/C20H22Cl3NO3/c1-12(2)7-18(20(25)26)24-10-14-9-15(21)4-6-19(14)27-11-13-3-5-16(22)17(23)8-13/h3-6,8-9,12,18,24H,7,10-11H2,1-2H3,(H,25,26). The Labute approximate surface area is 174 Å². The molecule has 0 bridgehead atoms. The number of hydrogen-bond donors (Lipinski definition) is 2. The Morgan fingerprint density at radius 2 is 1.85 bits per heavy atom. The van der Waals surface area contributed by atoms with Crippen LogP contribution in [-0.2, 0) is 17.9 Å². The number of hydrogen-bond acceptors (Lipinski definition) is 3. The molecule has 0 saturated carbocycles. The minimum atomic E-state index is -0.871. The minimum absolute atomic E-state index is 0.267. The van der Waals surface area contributed by atoms with Gasteiger partial charge >= 0.3 is 5.97 Å². The van der Waals surface area contributed by atoms with Gasteiger partial charge in [-0.2, -0.15) is 0 Å². The van der Waals surface area contributed by atoms with Crippen LogP contribution in [0.5, 0.6) is 5.75 Å². The van der Waals surface area contributed by atoms with Gasteiger partial charge in [0.25, 0.3) is 0 Å². The number of halogens is 3. The van der Waals surface area contributed by atoms with Gasteiger partial charge in [0.2, 0.25) is 0 Å². The molecule has 0 aromatic heterocycles. The summed E-state index contributed by atoms with van der Waals surface area (Å²) < 4.78 is 5.90. The third kappa shape index (κ3) is 6.89. The summed E-state index contributed by atoms with van der Waals surface area (Å²) in [7, 11) is 0. The van der Waals surface area contributed by atoms with E-state index >= 15 is 0 Å². The molecule has 0 radical (unpaired) electrons. The normalized spacial score (nSPS) is 12.2. The predicted molar refractivity (Wildman–Crippen MR) is 110 cm³/mol. The van der Waals surface area contributed by atoms with Crippen molar-refractivity contribution in [3.8, 4) is 5.75 Å². The van der Waals surface area contributed by atoms with Crippen molar-refractivity contribution in [3.05, 3.63) is 62.6 Å². The second kappa shape index (κ2) is 10.2. The van der Waals surface area contributed by atoms with Crippen LogP contribution in [0.15, 0.2) is 36.4 Å². The lowest BCUT2D eigenvalue weighted by molar-refractivity contribution is -0.140. The highest BCUT2D eigenvalue weighted by Crippen LogP contribution is 2.26.